The van der Waals surface area contributed by atoms with E-state index in [1.54, 1.807) is 0 Å². The zero-order valence-electron chi connectivity index (χ0n) is 6.46. The van der Waals surface area contributed by atoms with E-state index in [0.29, 0.717) is 31.1 Å². The molecule has 7 heteroatoms. The van der Waals surface area contributed by atoms with Crippen molar-refractivity contribution >= 4 is 40.7 Å². The number of rotatable bonds is 0. The SMILES string of the molecule is [C-]1=CC=[As]N1.[C-]1=CC=[As]N1.[Cl-].[Cl-].[Zr+4]. The third-order valence-electron chi connectivity index (χ3n) is 0.723. The van der Waals surface area contributed by atoms with Gasteiger partial charge in [0, 0.05) is 0 Å². The van der Waals surface area contributed by atoms with Gasteiger partial charge in [-0.3, -0.25) is 0 Å². The van der Waals surface area contributed by atoms with Gasteiger partial charge >= 0.3 is 99.9 Å². The largest absolute Gasteiger partial charge is 4.00 e. The predicted octanol–water partition coefficient (Wildman–Crippen LogP) is -7.34. The molecule has 0 amide bonds. The smallest absolute Gasteiger partial charge is 1.00 e. The molecule has 0 saturated heterocycles. The van der Waals surface area contributed by atoms with Crippen LogP contribution in [0.5, 0.6) is 0 Å². The second-order valence-electron chi connectivity index (χ2n) is 1.40. The van der Waals surface area contributed by atoms with Crippen LogP contribution in [0.1, 0.15) is 0 Å². The minimum atomic E-state index is 0. The Morgan fingerprint density at radius 3 is 1.31 bits per heavy atom. The van der Waals surface area contributed by atoms with Crippen LogP contribution in [0.3, 0.4) is 0 Å². The van der Waals surface area contributed by atoms with Crippen LogP contribution in [0, 0.1) is 12.4 Å². The predicted molar refractivity (Wildman–Crippen MR) is 45.5 cm³/mol. The molecule has 0 bridgehead atoms. The maximum absolute atomic E-state index is 2.95. The molecule has 0 aromatic carbocycles. The molecule has 0 saturated carbocycles. The zero-order valence-corrected chi connectivity index (χ0v) is 14.2. The molecule has 2 aliphatic heterocycles. The first-order valence-corrected chi connectivity index (χ1v) is 6.75. The second-order valence-corrected chi connectivity index (χ2v) is 4.67. The first-order valence-electron chi connectivity index (χ1n) is 2.71. The van der Waals surface area contributed by atoms with Crippen LogP contribution in [0.15, 0.2) is 12.2 Å². The van der Waals surface area contributed by atoms with Crippen molar-refractivity contribution in [1.82, 2.24) is 8.47 Å². The van der Waals surface area contributed by atoms with Gasteiger partial charge in [-0.05, 0) is 0 Å². The average molecular weight is 418 g/mol. The molecule has 2 nitrogen and oxygen atoms in total. The molecule has 2 rings (SSSR count). The number of hydrogen-bond donors (Lipinski definition) is 2. The summed E-state index contributed by atoms with van der Waals surface area (Å²) in [7, 11) is 0. The Morgan fingerprint density at radius 1 is 0.846 bits per heavy atom. The fraction of sp³-hybridized carbons (Fsp3) is 0. The van der Waals surface area contributed by atoms with Gasteiger partial charge in [0.1, 0.15) is 0 Å². The second kappa shape index (κ2) is 15.9. The standard InChI is InChI=1S/2C3H3AsN.2ClH.Zr/c2*1-2-4-5-3-1;;;/h2*1-2,5H;2*1H;/q2*-1;;;+4/p-2. The van der Waals surface area contributed by atoms with Gasteiger partial charge < -0.3 is 24.8 Å². The van der Waals surface area contributed by atoms with Crippen molar-refractivity contribution in [2.45, 2.75) is 0 Å². The van der Waals surface area contributed by atoms with E-state index in [1.165, 1.54) is 0 Å². The van der Waals surface area contributed by atoms with E-state index in [1.807, 2.05) is 12.2 Å². The molecule has 0 aromatic heterocycles. The van der Waals surface area contributed by atoms with Crippen LogP contribution in [-0.4, -0.2) is 40.7 Å². The van der Waals surface area contributed by atoms with Crippen molar-refractivity contribution in [2.75, 3.05) is 0 Å². The summed E-state index contributed by atoms with van der Waals surface area (Å²) in [6.45, 7) is 0. The van der Waals surface area contributed by atoms with Crippen LogP contribution in [0.25, 0.3) is 0 Å². The van der Waals surface area contributed by atoms with Gasteiger partial charge in [0.25, 0.3) is 0 Å². The first-order chi connectivity index (χ1) is 5.00. The molecule has 0 aromatic rings. The van der Waals surface area contributed by atoms with Crippen molar-refractivity contribution in [3.8, 4) is 0 Å². The van der Waals surface area contributed by atoms with Gasteiger partial charge in [-0.1, -0.05) is 0 Å². The molecular weight excluding hydrogens is 412 g/mol. The Labute approximate surface area is 123 Å². The zero-order chi connectivity index (χ0) is 7.07. The van der Waals surface area contributed by atoms with Crippen molar-refractivity contribution in [3.63, 3.8) is 0 Å². The molecule has 13 heavy (non-hydrogen) atoms. The van der Waals surface area contributed by atoms with Crippen molar-refractivity contribution in [2.24, 2.45) is 0 Å². The summed E-state index contributed by atoms with van der Waals surface area (Å²) in [6.07, 6.45) is 9.50. The monoisotopic (exact) mass is 416 g/mol. The van der Waals surface area contributed by atoms with Gasteiger partial charge in [0.2, 0.25) is 0 Å². The van der Waals surface area contributed by atoms with Gasteiger partial charge in [-0.15, -0.1) is 0 Å². The normalized spacial score (nSPS) is 14.8. The maximum Gasteiger partial charge on any atom is 4.00 e. The van der Waals surface area contributed by atoms with E-state index in [0.717, 1.165) is 0 Å². The molecule has 2 aliphatic rings. The molecular formula is C6H6As2Cl2N2Zr. The Bertz CT molecular complexity index is 165. The molecule has 2 N–H and O–H groups in total. The van der Waals surface area contributed by atoms with Crippen LogP contribution in [-0.2, 0) is 26.2 Å². The molecule has 0 aliphatic carbocycles. The average Bonchev–Trinajstić information content (AvgIpc) is 2.67. The summed E-state index contributed by atoms with van der Waals surface area (Å²) < 4.78 is 5.91. The Kier molecular flexibility index (Phi) is 24.3. The van der Waals surface area contributed by atoms with Crippen LogP contribution >= 0.6 is 0 Å². The molecule has 0 atom stereocenters. The fourth-order valence-electron chi connectivity index (χ4n) is 0.373. The van der Waals surface area contributed by atoms with Crippen LogP contribution < -0.4 is 33.3 Å². The summed E-state index contributed by atoms with van der Waals surface area (Å²) in [6, 6.07) is 0. The summed E-state index contributed by atoms with van der Waals surface area (Å²) in [5, 5.41) is 0. The summed E-state index contributed by atoms with van der Waals surface area (Å²) in [5.41, 5.74) is 0. The summed E-state index contributed by atoms with van der Waals surface area (Å²) in [4.78, 5) is 4.22. The van der Waals surface area contributed by atoms with E-state index in [2.05, 4.69) is 30.5 Å². The molecule has 68 valence electrons. The molecule has 0 radical (unpaired) electrons. The van der Waals surface area contributed by atoms with Gasteiger partial charge in [-0.25, -0.2) is 0 Å². The number of hydrogen-bond acceptors (Lipinski definition) is 2. The Balaban J connectivity index is -0.000000125. The topological polar surface area (TPSA) is 24.1 Å². The minimum Gasteiger partial charge on any atom is -1.00 e. The van der Waals surface area contributed by atoms with Gasteiger partial charge in [0.15, 0.2) is 0 Å². The summed E-state index contributed by atoms with van der Waals surface area (Å²) >= 11 is 0.625. The quantitative estimate of drug-likeness (QED) is 0.302. The van der Waals surface area contributed by atoms with Crippen molar-refractivity contribution in [1.29, 1.82) is 0 Å². The van der Waals surface area contributed by atoms with Gasteiger partial charge in [0.05, 0.1) is 0 Å². The number of halogens is 2. The molecule has 0 spiro atoms. The molecule has 0 unspecified atom stereocenters. The van der Waals surface area contributed by atoms with Crippen molar-refractivity contribution < 1.29 is 51.0 Å². The number of nitrogens with one attached hydrogen (secondary N) is 2. The third-order valence-corrected chi connectivity index (χ3v) is 3.06. The van der Waals surface area contributed by atoms with Crippen LogP contribution in [0.2, 0.25) is 0 Å². The minimum absolute atomic E-state index is 0. The van der Waals surface area contributed by atoms with E-state index in [4.69, 9.17) is 0 Å². The Morgan fingerprint density at radius 2 is 1.23 bits per heavy atom. The third kappa shape index (κ3) is 13.4. The van der Waals surface area contributed by atoms with E-state index in [9.17, 15) is 0 Å². The molecule has 2 heterocycles. The first kappa shape index (κ1) is 19.9. The van der Waals surface area contributed by atoms with Crippen molar-refractivity contribution in [3.05, 3.63) is 24.6 Å². The maximum atomic E-state index is 2.95. The van der Waals surface area contributed by atoms with E-state index in [-0.39, 0.29) is 51.0 Å². The molecule has 0 fully saturated rings. The van der Waals surface area contributed by atoms with E-state index >= 15 is 0 Å². The van der Waals surface area contributed by atoms with E-state index < -0.39 is 0 Å². The fourth-order valence-corrected chi connectivity index (χ4v) is 1.94. The van der Waals surface area contributed by atoms with Gasteiger partial charge in [-0.2, -0.15) is 0 Å². The van der Waals surface area contributed by atoms with Crippen LogP contribution in [0.4, 0.5) is 0 Å². The Hall–Kier alpha value is 1.40. The number of allylic oxidation sites excluding steroid dienone is 2. The summed E-state index contributed by atoms with van der Waals surface area (Å²) in [5.74, 6) is 0.